The van der Waals surface area contributed by atoms with Gasteiger partial charge in [-0.3, -0.25) is 4.79 Å². The molecule has 1 saturated heterocycles. The largest absolute Gasteiger partial charge is 0.353 e. The molecule has 0 aromatic rings. The van der Waals surface area contributed by atoms with Crippen molar-refractivity contribution in [1.82, 2.24) is 10.2 Å². The molecule has 3 nitrogen and oxygen atoms in total. The van der Waals surface area contributed by atoms with Gasteiger partial charge < -0.3 is 10.2 Å². The molecule has 0 radical (unpaired) electrons. The lowest BCUT2D eigenvalue weighted by molar-refractivity contribution is -0.127. The van der Waals surface area contributed by atoms with E-state index in [1.807, 2.05) is 0 Å². The molecule has 1 unspecified atom stereocenters. The number of hydrogen-bond donors (Lipinski definition) is 1. The number of hydrogen-bond acceptors (Lipinski definition) is 2. The fourth-order valence-corrected chi connectivity index (χ4v) is 2.40. The maximum atomic E-state index is 11.9. The predicted octanol–water partition coefficient (Wildman–Crippen LogP) is 0.853. The summed E-state index contributed by atoms with van der Waals surface area (Å²) in [6.07, 6.45) is 2.35. The van der Waals surface area contributed by atoms with Crippen LogP contribution in [0, 0.1) is 11.3 Å². The first-order valence-corrected chi connectivity index (χ1v) is 5.48. The molecule has 1 amide bonds. The molecule has 2 fully saturated rings. The average Bonchev–Trinajstić information content (AvgIpc) is 2.77. The summed E-state index contributed by atoms with van der Waals surface area (Å²) in [4.78, 5) is 14.2. The molecular weight excluding hydrogens is 176 g/mol. The van der Waals surface area contributed by atoms with E-state index in [2.05, 4.69) is 31.1 Å². The maximum absolute atomic E-state index is 11.9. The smallest absolute Gasteiger partial charge is 0.225 e. The van der Waals surface area contributed by atoms with Crippen LogP contribution in [0.4, 0.5) is 0 Å². The fraction of sp³-hybridized carbons (Fsp3) is 0.909. The Bertz CT molecular complexity index is 246. The van der Waals surface area contributed by atoms with Gasteiger partial charge in [0.1, 0.15) is 0 Å². The van der Waals surface area contributed by atoms with Gasteiger partial charge in [0.15, 0.2) is 0 Å². The standard InChI is InChI=1S/C11H20N2O/c1-11(2)7-13(3)6-9(11)10(14)12-8-4-5-8/h8-9H,4-7H2,1-3H3,(H,12,14). The van der Waals surface area contributed by atoms with E-state index in [4.69, 9.17) is 0 Å². The zero-order chi connectivity index (χ0) is 10.3. The van der Waals surface area contributed by atoms with Gasteiger partial charge in [0, 0.05) is 19.1 Å². The second kappa shape index (κ2) is 3.23. The molecular formula is C11H20N2O. The molecule has 0 spiro atoms. The third-order valence-corrected chi connectivity index (χ3v) is 3.36. The predicted molar refractivity (Wildman–Crippen MR) is 55.9 cm³/mol. The van der Waals surface area contributed by atoms with Gasteiger partial charge in [0.2, 0.25) is 5.91 Å². The van der Waals surface area contributed by atoms with Gasteiger partial charge in [-0.1, -0.05) is 13.8 Å². The number of nitrogens with one attached hydrogen (secondary N) is 1. The van der Waals surface area contributed by atoms with Crippen LogP contribution in [0.2, 0.25) is 0 Å². The zero-order valence-corrected chi connectivity index (χ0v) is 9.34. The fourth-order valence-electron chi connectivity index (χ4n) is 2.40. The highest BCUT2D eigenvalue weighted by Gasteiger charge is 2.43. The van der Waals surface area contributed by atoms with Gasteiger partial charge >= 0.3 is 0 Å². The zero-order valence-electron chi connectivity index (χ0n) is 9.34. The number of carbonyl (C=O) groups is 1. The van der Waals surface area contributed by atoms with Crippen LogP contribution in [0.3, 0.4) is 0 Å². The summed E-state index contributed by atoms with van der Waals surface area (Å²) in [6.45, 7) is 6.31. The minimum absolute atomic E-state index is 0.133. The van der Waals surface area contributed by atoms with Crippen LogP contribution >= 0.6 is 0 Å². The lowest BCUT2D eigenvalue weighted by atomic mass is 9.81. The molecule has 0 aromatic carbocycles. The summed E-state index contributed by atoms with van der Waals surface area (Å²) < 4.78 is 0. The minimum Gasteiger partial charge on any atom is -0.353 e. The first kappa shape index (κ1) is 9.97. The van der Waals surface area contributed by atoms with E-state index in [1.165, 1.54) is 12.8 Å². The second-order valence-corrected chi connectivity index (χ2v) is 5.52. The molecule has 14 heavy (non-hydrogen) atoms. The third kappa shape index (κ3) is 1.92. The Morgan fingerprint density at radius 3 is 2.50 bits per heavy atom. The maximum Gasteiger partial charge on any atom is 0.225 e. The van der Waals surface area contributed by atoms with Crippen molar-refractivity contribution in [3.8, 4) is 0 Å². The normalized spacial score (nSPS) is 31.8. The summed E-state index contributed by atoms with van der Waals surface area (Å²) in [5, 5.41) is 3.11. The highest BCUT2D eigenvalue weighted by molar-refractivity contribution is 5.80. The van der Waals surface area contributed by atoms with E-state index in [-0.39, 0.29) is 17.2 Å². The summed E-state index contributed by atoms with van der Waals surface area (Å²) >= 11 is 0. The molecule has 2 rings (SSSR count). The van der Waals surface area contributed by atoms with Crippen molar-refractivity contribution < 1.29 is 4.79 Å². The molecule has 2 aliphatic rings. The minimum atomic E-state index is 0.133. The van der Waals surface area contributed by atoms with Gasteiger partial charge in [-0.05, 0) is 25.3 Å². The Hall–Kier alpha value is -0.570. The van der Waals surface area contributed by atoms with E-state index < -0.39 is 0 Å². The lowest BCUT2D eigenvalue weighted by Crippen LogP contribution is -2.39. The molecule has 1 aliphatic heterocycles. The Morgan fingerprint density at radius 1 is 1.43 bits per heavy atom. The molecule has 1 atom stereocenters. The van der Waals surface area contributed by atoms with Crippen molar-refractivity contribution in [3.63, 3.8) is 0 Å². The monoisotopic (exact) mass is 196 g/mol. The first-order valence-electron chi connectivity index (χ1n) is 5.48. The molecule has 3 heteroatoms. The van der Waals surface area contributed by atoms with Crippen LogP contribution < -0.4 is 5.32 Å². The van der Waals surface area contributed by atoms with Crippen molar-refractivity contribution in [2.45, 2.75) is 32.7 Å². The van der Waals surface area contributed by atoms with Crippen molar-refractivity contribution in [2.24, 2.45) is 11.3 Å². The molecule has 1 aliphatic carbocycles. The highest BCUT2D eigenvalue weighted by Crippen LogP contribution is 2.35. The van der Waals surface area contributed by atoms with Crippen LogP contribution in [0.15, 0.2) is 0 Å². The highest BCUT2D eigenvalue weighted by atomic mass is 16.2. The van der Waals surface area contributed by atoms with Crippen LogP contribution in [0.1, 0.15) is 26.7 Å². The second-order valence-electron chi connectivity index (χ2n) is 5.52. The quantitative estimate of drug-likeness (QED) is 0.710. The van der Waals surface area contributed by atoms with Crippen molar-refractivity contribution in [3.05, 3.63) is 0 Å². The Kier molecular flexibility index (Phi) is 2.30. The number of rotatable bonds is 2. The first-order chi connectivity index (χ1) is 6.49. The topological polar surface area (TPSA) is 32.3 Å². The molecule has 1 heterocycles. The van der Waals surface area contributed by atoms with Crippen LogP contribution in [0.25, 0.3) is 0 Å². The molecule has 1 N–H and O–H groups in total. The SMILES string of the molecule is CN1CC(C(=O)NC2CC2)C(C)(C)C1. The summed E-state index contributed by atoms with van der Waals surface area (Å²) in [5.41, 5.74) is 0.133. The van der Waals surface area contributed by atoms with Crippen LogP contribution in [-0.2, 0) is 4.79 Å². The van der Waals surface area contributed by atoms with Gasteiger partial charge in [-0.2, -0.15) is 0 Å². The lowest BCUT2D eigenvalue weighted by Gasteiger charge is -2.24. The van der Waals surface area contributed by atoms with Gasteiger partial charge in [-0.15, -0.1) is 0 Å². The number of carbonyl (C=O) groups excluding carboxylic acids is 1. The Labute approximate surface area is 85.8 Å². The molecule has 1 saturated carbocycles. The molecule has 0 aromatic heterocycles. The third-order valence-electron chi connectivity index (χ3n) is 3.36. The van der Waals surface area contributed by atoms with Crippen molar-refractivity contribution >= 4 is 5.91 Å². The van der Waals surface area contributed by atoms with Gasteiger partial charge in [-0.25, -0.2) is 0 Å². The summed E-state index contributed by atoms with van der Waals surface area (Å²) in [6, 6.07) is 0.490. The van der Waals surface area contributed by atoms with E-state index >= 15 is 0 Å². The van der Waals surface area contributed by atoms with Crippen LogP contribution in [0.5, 0.6) is 0 Å². The number of amides is 1. The van der Waals surface area contributed by atoms with E-state index in [0.29, 0.717) is 6.04 Å². The van der Waals surface area contributed by atoms with E-state index in [1.54, 1.807) is 0 Å². The van der Waals surface area contributed by atoms with E-state index in [9.17, 15) is 4.79 Å². The van der Waals surface area contributed by atoms with Crippen molar-refractivity contribution in [2.75, 3.05) is 20.1 Å². The number of nitrogens with zero attached hydrogens (tertiary/aromatic N) is 1. The Balaban J connectivity index is 1.97. The summed E-state index contributed by atoms with van der Waals surface area (Å²) in [5.74, 6) is 0.440. The average molecular weight is 196 g/mol. The Morgan fingerprint density at radius 2 is 2.07 bits per heavy atom. The van der Waals surface area contributed by atoms with Crippen LogP contribution in [-0.4, -0.2) is 37.0 Å². The van der Waals surface area contributed by atoms with Crippen molar-refractivity contribution in [1.29, 1.82) is 0 Å². The number of likely N-dealkylation sites (tertiary alicyclic amines) is 1. The summed E-state index contributed by atoms with van der Waals surface area (Å²) in [7, 11) is 2.09. The van der Waals surface area contributed by atoms with Gasteiger partial charge in [0.25, 0.3) is 0 Å². The van der Waals surface area contributed by atoms with Gasteiger partial charge in [0.05, 0.1) is 5.92 Å². The molecule has 0 bridgehead atoms. The molecule has 80 valence electrons. The van der Waals surface area contributed by atoms with E-state index in [0.717, 1.165) is 13.1 Å².